The monoisotopic (exact) mass is 428 g/mol. The molecule has 146 valence electrons. The summed E-state index contributed by atoms with van der Waals surface area (Å²) in [6.45, 7) is 0. The molecular weight excluding hydrogens is 412 g/mol. The van der Waals surface area contributed by atoms with Crippen LogP contribution >= 0.6 is 23.4 Å². The Morgan fingerprint density at radius 2 is 1.60 bits per heavy atom. The fourth-order valence-electron chi connectivity index (χ4n) is 3.41. The molecule has 0 atom stereocenters. The van der Waals surface area contributed by atoms with Crippen molar-refractivity contribution in [2.24, 2.45) is 0 Å². The number of hydrogen-bond acceptors (Lipinski definition) is 4. The molecule has 2 heterocycles. The highest BCUT2D eigenvalue weighted by molar-refractivity contribution is 7.98. The molecular formula is C24H17ClN4S. The molecule has 0 aliphatic carbocycles. The smallest absolute Gasteiger partial charge is 0.196 e. The third kappa shape index (κ3) is 3.70. The van der Waals surface area contributed by atoms with Gasteiger partial charge in [0.1, 0.15) is 5.69 Å². The van der Waals surface area contributed by atoms with Gasteiger partial charge in [0.2, 0.25) is 0 Å². The summed E-state index contributed by atoms with van der Waals surface area (Å²) in [5.74, 6) is 1.49. The predicted octanol–water partition coefficient (Wildman–Crippen LogP) is 6.43. The van der Waals surface area contributed by atoms with Crippen LogP contribution in [0.4, 0.5) is 0 Å². The molecule has 0 unspecified atom stereocenters. The van der Waals surface area contributed by atoms with E-state index in [1.165, 1.54) is 16.3 Å². The molecule has 4 nitrogen and oxygen atoms in total. The molecule has 0 radical (unpaired) electrons. The van der Waals surface area contributed by atoms with Gasteiger partial charge < -0.3 is 0 Å². The molecule has 6 heteroatoms. The van der Waals surface area contributed by atoms with Gasteiger partial charge in [-0.1, -0.05) is 71.9 Å². The van der Waals surface area contributed by atoms with Crippen LogP contribution < -0.4 is 0 Å². The summed E-state index contributed by atoms with van der Waals surface area (Å²) < 4.78 is 2.04. The van der Waals surface area contributed by atoms with E-state index in [4.69, 9.17) is 11.6 Å². The van der Waals surface area contributed by atoms with Crippen LogP contribution in [0.2, 0.25) is 5.02 Å². The van der Waals surface area contributed by atoms with E-state index in [0.29, 0.717) is 10.8 Å². The summed E-state index contributed by atoms with van der Waals surface area (Å²) in [6.07, 6.45) is 1.76. The second-order valence-electron chi connectivity index (χ2n) is 6.76. The zero-order chi connectivity index (χ0) is 20.3. The van der Waals surface area contributed by atoms with Crippen molar-refractivity contribution < 1.29 is 0 Å². The topological polar surface area (TPSA) is 43.6 Å². The third-order valence-corrected chi connectivity index (χ3v) is 6.08. The summed E-state index contributed by atoms with van der Waals surface area (Å²) in [7, 11) is 0. The zero-order valence-corrected chi connectivity index (χ0v) is 17.5. The standard InChI is InChI=1S/C24H17ClN4S/c25-19-11-13-20(14-12-19)29-23(22-10-3-4-15-26-22)27-28-24(29)30-16-18-8-5-7-17-6-1-2-9-21(17)18/h1-15H,16H2. The molecule has 0 bridgehead atoms. The summed E-state index contributed by atoms with van der Waals surface area (Å²) in [5.41, 5.74) is 2.99. The number of nitrogens with zero attached hydrogens (tertiary/aromatic N) is 4. The van der Waals surface area contributed by atoms with Gasteiger partial charge in [-0.2, -0.15) is 0 Å². The van der Waals surface area contributed by atoms with Crippen molar-refractivity contribution >= 4 is 34.1 Å². The maximum atomic E-state index is 6.11. The van der Waals surface area contributed by atoms with Crippen molar-refractivity contribution in [1.29, 1.82) is 0 Å². The quantitative estimate of drug-likeness (QED) is 0.302. The number of hydrogen-bond donors (Lipinski definition) is 0. The first-order valence-corrected chi connectivity index (χ1v) is 10.9. The molecule has 5 rings (SSSR count). The Kier molecular flexibility index (Phi) is 5.22. The molecule has 30 heavy (non-hydrogen) atoms. The predicted molar refractivity (Wildman–Crippen MR) is 123 cm³/mol. The average molecular weight is 429 g/mol. The number of thioether (sulfide) groups is 1. The largest absolute Gasteiger partial charge is 0.269 e. The van der Waals surface area contributed by atoms with Gasteiger partial charge in [0.05, 0.1) is 0 Å². The van der Waals surface area contributed by atoms with E-state index < -0.39 is 0 Å². The van der Waals surface area contributed by atoms with Gasteiger partial charge >= 0.3 is 0 Å². The molecule has 0 amide bonds. The number of benzene rings is 3. The zero-order valence-electron chi connectivity index (χ0n) is 15.9. The molecule has 0 aliphatic heterocycles. The molecule has 5 aromatic rings. The van der Waals surface area contributed by atoms with Crippen molar-refractivity contribution in [1.82, 2.24) is 19.7 Å². The Hall–Kier alpha value is -3.15. The van der Waals surface area contributed by atoms with Crippen molar-refractivity contribution in [3.8, 4) is 17.2 Å². The minimum atomic E-state index is 0.691. The number of rotatable bonds is 5. The molecule has 0 N–H and O–H groups in total. The Morgan fingerprint density at radius 3 is 2.43 bits per heavy atom. The SMILES string of the molecule is Clc1ccc(-n2c(SCc3cccc4ccccc34)nnc2-c2ccccn2)cc1. The third-order valence-electron chi connectivity index (χ3n) is 4.85. The minimum Gasteiger partial charge on any atom is -0.269 e. The van der Waals surface area contributed by atoms with E-state index in [2.05, 4.69) is 57.6 Å². The minimum absolute atomic E-state index is 0.691. The van der Waals surface area contributed by atoms with E-state index in [9.17, 15) is 0 Å². The average Bonchev–Trinajstić information content (AvgIpc) is 3.23. The first kappa shape index (κ1) is 18.9. The number of halogens is 1. The van der Waals surface area contributed by atoms with Crippen LogP contribution in [0.25, 0.3) is 28.0 Å². The van der Waals surface area contributed by atoms with E-state index in [0.717, 1.165) is 22.3 Å². The first-order chi connectivity index (χ1) is 14.8. The van der Waals surface area contributed by atoms with Crippen LogP contribution in [0.5, 0.6) is 0 Å². The van der Waals surface area contributed by atoms with Gasteiger partial charge in [-0.25, -0.2) is 0 Å². The Labute approximate surface area is 183 Å². The van der Waals surface area contributed by atoms with Gasteiger partial charge in [-0.05, 0) is 52.7 Å². The van der Waals surface area contributed by atoms with Crippen LogP contribution in [0.3, 0.4) is 0 Å². The van der Waals surface area contributed by atoms with E-state index in [-0.39, 0.29) is 0 Å². The van der Waals surface area contributed by atoms with Gasteiger partial charge in [0.15, 0.2) is 11.0 Å². The normalized spacial score (nSPS) is 11.1. The maximum Gasteiger partial charge on any atom is 0.196 e. The lowest BCUT2D eigenvalue weighted by atomic mass is 10.1. The van der Waals surface area contributed by atoms with Crippen molar-refractivity contribution in [3.05, 3.63) is 102 Å². The molecule has 0 saturated heterocycles. The Morgan fingerprint density at radius 1 is 0.800 bits per heavy atom. The van der Waals surface area contributed by atoms with Gasteiger partial charge in [0.25, 0.3) is 0 Å². The molecule has 0 aliphatic rings. The van der Waals surface area contributed by atoms with Crippen LogP contribution in [0.1, 0.15) is 5.56 Å². The van der Waals surface area contributed by atoms with Crippen LogP contribution in [-0.4, -0.2) is 19.7 Å². The van der Waals surface area contributed by atoms with Crippen LogP contribution in [0, 0.1) is 0 Å². The fourth-order valence-corrected chi connectivity index (χ4v) is 4.49. The molecule has 0 saturated carbocycles. The van der Waals surface area contributed by atoms with Crippen LogP contribution in [0.15, 0.2) is 96.3 Å². The van der Waals surface area contributed by atoms with Crippen LogP contribution in [-0.2, 0) is 5.75 Å². The van der Waals surface area contributed by atoms with Crippen molar-refractivity contribution in [2.45, 2.75) is 10.9 Å². The molecule has 0 spiro atoms. The second kappa shape index (κ2) is 8.30. The fraction of sp³-hybridized carbons (Fsp3) is 0.0417. The lowest BCUT2D eigenvalue weighted by Gasteiger charge is -2.11. The van der Waals surface area contributed by atoms with Crippen molar-refractivity contribution in [2.75, 3.05) is 0 Å². The molecule has 2 aromatic heterocycles. The molecule has 3 aromatic carbocycles. The van der Waals surface area contributed by atoms with E-state index >= 15 is 0 Å². The Balaban J connectivity index is 1.55. The van der Waals surface area contributed by atoms with Gasteiger partial charge in [0, 0.05) is 22.7 Å². The number of pyridine rings is 1. The summed E-state index contributed by atoms with van der Waals surface area (Å²) in [6, 6.07) is 28.3. The van der Waals surface area contributed by atoms with E-state index in [1.807, 2.05) is 47.0 Å². The lowest BCUT2D eigenvalue weighted by Crippen LogP contribution is -2.00. The highest BCUT2D eigenvalue weighted by Crippen LogP contribution is 2.31. The first-order valence-electron chi connectivity index (χ1n) is 9.52. The van der Waals surface area contributed by atoms with Gasteiger partial charge in [-0.3, -0.25) is 9.55 Å². The highest BCUT2D eigenvalue weighted by Gasteiger charge is 2.17. The summed E-state index contributed by atoms with van der Waals surface area (Å²) >= 11 is 7.77. The maximum absolute atomic E-state index is 6.11. The summed E-state index contributed by atoms with van der Waals surface area (Å²) in [5, 5.41) is 12.9. The lowest BCUT2D eigenvalue weighted by molar-refractivity contribution is 0.885. The Bertz CT molecular complexity index is 1290. The number of fused-ring (bicyclic) bond motifs is 1. The molecule has 0 fully saturated rings. The van der Waals surface area contributed by atoms with E-state index in [1.54, 1.807) is 18.0 Å². The summed E-state index contributed by atoms with van der Waals surface area (Å²) in [4.78, 5) is 4.47. The van der Waals surface area contributed by atoms with Crippen molar-refractivity contribution in [3.63, 3.8) is 0 Å². The highest BCUT2D eigenvalue weighted by atomic mass is 35.5. The van der Waals surface area contributed by atoms with Gasteiger partial charge in [-0.15, -0.1) is 10.2 Å². The second-order valence-corrected chi connectivity index (χ2v) is 8.14. The number of aromatic nitrogens is 4.